The van der Waals surface area contributed by atoms with Crippen molar-refractivity contribution in [3.05, 3.63) is 78.0 Å². The van der Waals surface area contributed by atoms with Crippen molar-refractivity contribution in [3.8, 4) is 22.8 Å². The first-order chi connectivity index (χ1) is 17.7. The summed E-state index contributed by atoms with van der Waals surface area (Å²) in [6, 6.07) is 19.1. The number of ether oxygens (including phenoxy) is 2. The van der Waals surface area contributed by atoms with Crippen LogP contribution in [-0.4, -0.2) is 17.6 Å². The molecule has 0 saturated heterocycles. The minimum Gasteiger partial charge on any atom is -0.492 e. The van der Waals surface area contributed by atoms with Gasteiger partial charge in [-0.25, -0.2) is 4.79 Å². The molecule has 0 unspecified atom stereocenters. The van der Waals surface area contributed by atoms with Gasteiger partial charge in [-0.15, -0.1) is 0 Å². The minimum atomic E-state index is -0.340. The number of unbranched alkanes of at least 4 members (excludes halogenated alkanes) is 8. The van der Waals surface area contributed by atoms with Gasteiger partial charge in [0.05, 0.1) is 24.1 Å². The van der Waals surface area contributed by atoms with Crippen molar-refractivity contribution in [3.63, 3.8) is 0 Å². The molecule has 36 heavy (non-hydrogen) atoms. The highest BCUT2D eigenvalue weighted by Crippen LogP contribution is 2.23. The highest BCUT2D eigenvalue weighted by atomic mass is 16.5. The molecule has 0 spiro atoms. The highest BCUT2D eigenvalue weighted by Gasteiger charge is 2.09. The van der Waals surface area contributed by atoms with Gasteiger partial charge in [0.25, 0.3) is 0 Å². The molecule has 0 fully saturated rings. The number of rotatable bonds is 16. The number of hydrogen-bond donors (Lipinski definition) is 0. The van der Waals surface area contributed by atoms with Crippen LogP contribution in [0.25, 0.3) is 11.3 Å². The van der Waals surface area contributed by atoms with Gasteiger partial charge in [0.15, 0.2) is 0 Å². The van der Waals surface area contributed by atoms with Crippen LogP contribution in [0, 0.1) is 0 Å². The lowest BCUT2D eigenvalue weighted by molar-refractivity contribution is 0.0734. The van der Waals surface area contributed by atoms with Gasteiger partial charge in [0.1, 0.15) is 11.5 Å². The van der Waals surface area contributed by atoms with Gasteiger partial charge < -0.3 is 9.47 Å². The number of benzene rings is 2. The Labute approximate surface area is 217 Å². The summed E-state index contributed by atoms with van der Waals surface area (Å²) in [5.41, 5.74) is 3.65. The summed E-state index contributed by atoms with van der Waals surface area (Å²) in [5, 5.41) is 0. The predicted octanol–water partition coefficient (Wildman–Crippen LogP) is 8.83. The average molecular weight is 488 g/mol. The lowest BCUT2D eigenvalue weighted by atomic mass is 10.0. The van der Waals surface area contributed by atoms with E-state index in [0.717, 1.165) is 36.5 Å². The molecule has 3 aromatic rings. The van der Waals surface area contributed by atoms with E-state index in [1.165, 1.54) is 63.4 Å². The van der Waals surface area contributed by atoms with E-state index in [4.69, 9.17) is 9.47 Å². The maximum atomic E-state index is 12.6. The molecule has 0 N–H and O–H groups in total. The maximum absolute atomic E-state index is 12.6. The van der Waals surface area contributed by atoms with Gasteiger partial charge >= 0.3 is 5.97 Å². The Morgan fingerprint density at radius 2 is 1.33 bits per heavy atom. The fourth-order valence-corrected chi connectivity index (χ4v) is 4.13. The third-order valence-electron chi connectivity index (χ3n) is 6.37. The fourth-order valence-electron chi connectivity index (χ4n) is 4.13. The van der Waals surface area contributed by atoms with Gasteiger partial charge in [-0.05, 0) is 73.4 Å². The van der Waals surface area contributed by atoms with Gasteiger partial charge in [0, 0.05) is 5.56 Å². The molecule has 2 aromatic carbocycles. The number of esters is 1. The lowest BCUT2D eigenvalue weighted by Crippen LogP contribution is -2.08. The summed E-state index contributed by atoms with van der Waals surface area (Å²) < 4.78 is 11.3. The van der Waals surface area contributed by atoms with E-state index >= 15 is 0 Å². The van der Waals surface area contributed by atoms with E-state index < -0.39 is 0 Å². The van der Waals surface area contributed by atoms with Crippen LogP contribution in [0.2, 0.25) is 0 Å². The van der Waals surface area contributed by atoms with Crippen LogP contribution < -0.4 is 9.47 Å². The number of carbonyl (C=O) groups is 1. The zero-order valence-electron chi connectivity index (χ0n) is 22.0. The normalized spacial score (nSPS) is 10.8. The molecule has 0 aliphatic carbocycles. The summed E-state index contributed by atoms with van der Waals surface area (Å²) >= 11 is 0. The lowest BCUT2D eigenvalue weighted by Gasteiger charge is -2.08. The zero-order valence-corrected chi connectivity index (χ0v) is 22.0. The number of nitrogens with zero attached hydrogens (tertiary/aromatic N) is 1. The van der Waals surface area contributed by atoms with Crippen molar-refractivity contribution in [1.82, 2.24) is 4.98 Å². The minimum absolute atomic E-state index is 0.340. The van der Waals surface area contributed by atoms with Gasteiger partial charge in [0.2, 0.25) is 0 Å². The van der Waals surface area contributed by atoms with Crippen LogP contribution >= 0.6 is 0 Å². The van der Waals surface area contributed by atoms with E-state index in [9.17, 15) is 4.79 Å². The Balaban J connectivity index is 1.44. The maximum Gasteiger partial charge on any atom is 0.343 e. The Bertz CT molecular complexity index is 1010. The van der Waals surface area contributed by atoms with Crippen molar-refractivity contribution < 1.29 is 14.3 Å². The molecular formula is C32H41NO3. The second-order valence-electron chi connectivity index (χ2n) is 9.42. The number of aromatic nitrogens is 1. The molecule has 1 aromatic heterocycles. The van der Waals surface area contributed by atoms with Crippen LogP contribution in [0.1, 0.15) is 94.0 Å². The number of hydrogen-bond acceptors (Lipinski definition) is 4. The topological polar surface area (TPSA) is 48.4 Å². The van der Waals surface area contributed by atoms with Crippen LogP contribution in [0.4, 0.5) is 0 Å². The molecule has 4 heteroatoms. The second kappa shape index (κ2) is 15.8. The van der Waals surface area contributed by atoms with Crippen LogP contribution in [0.15, 0.2) is 66.9 Å². The van der Waals surface area contributed by atoms with Gasteiger partial charge in [-0.3, -0.25) is 4.98 Å². The molecule has 0 atom stereocenters. The Hall–Kier alpha value is -3.14. The summed E-state index contributed by atoms with van der Waals surface area (Å²) in [6.07, 6.45) is 15.4. The Morgan fingerprint density at radius 3 is 2.00 bits per heavy atom. The third-order valence-corrected chi connectivity index (χ3v) is 6.37. The molecule has 1 heterocycles. The number of carbonyl (C=O) groups excluding carboxylic acids is 1. The molecule has 0 radical (unpaired) electrons. The molecule has 3 rings (SSSR count). The van der Waals surface area contributed by atoms with E-state index in [0.29, 0.717) is 11.3 Å². The van der Waals surface area contributed by atoms with Crippen molar-refractivity contribution in [2.45, 2.75) is 84.5 Å². The molecular weight excluding hydrogens is 446 g/mol. The smallest absolute Gasteiger partial charge is 0.343 e. The van der Waals surface area contributed by atoms with E-state index in [1.54, 1.807) is 18.3 Å². The van der Waals surface area contributed by atoms with E-state index in [1.807, 2.05) is 48.5 Å². The van der Waals surface area contributed by atoms with Crippen molar-refractivity contribution in [2.75, 3.05) is 6.61 Å². The third kappa shape index (κ3) is 9.49. The Kier molecular flexibility index (Phi) is 12.0. The standard InChI is InChI=1S/C32H41NO3/c1-3-5-7-8-9-10-11-13-26-14-16-28(17-15-26)32(34)36-29-20-18-27(19-21-29)31-23-22-30(25-33-31)35-24-12-6-4-2/h14-23,25H,3-13,24H2,1-2H3. The van der Waals surface area contributed by atoms with Crippen molar-refractivity contribution >= 4 is 5.97 Å². The predicted molar refractivity (Wildman–Crippen MR) is 148 cm³/mol. The molecule has 0 amide bonds. The van der Waals surface area contributed by atoms with Gasteiger partial charge in [-0.2, -0.15) is 0 Å². The summed E-state index contributed by atoms with van der Waals surface area (Å²) in [4.78, 5) is 17.1. The van der Waals surface area contributed by atoms with E-state index in [-0.39, 0.29) is 5.97 Å². The summed E-state index contributed by atoms with van der Waals surface area (Å²) in [6.45, 7) is 5.15. The number of pyridine rings is 1. The van der Waals surface area contributed by atoms with Gasteiger partial charge in [-0.1, -0.05) is 77.3 Å². The zero-order chi connectivity index (χ0) is 25.4. The quantitative estimate of drug-likeness (QED) is 0.115. The molecule has 192 valence electrons. The fraction of sp³-hybridized carbons (Fsp3) is 0.438. The number of aryl methyl sites for hydroxylation is 1. The van der Waals surface area contributed by atoms with Crippen molar-refractivity contribution in [1.29, 1.82) is 0 Å². The summed E-state index contributed by atoms with van der Waals surface area (Å²) in [7, 11) is 0. The average Bonchev–Trinajstić information content (AvgIpc) is 2.92. The van der Waals surface area contributed by atoms with Crippen molar-refractivity contribution in [2.24, 2.45) is 0 Å². The summed E-state index contributed by atoms with van der Waals surface area (Å²) in [5.74, 6) is 0.966. The first kappa shape index (κ1) is 27.4. The molecule has 0 bridgehead atoms. The largest absolute Gasteiger partial charge is 0.492 e. The van der Waals surface area contributed by atoms with Crippen LogP contribution in [0.5, 0.6) is 11.5 Å². The second-order valence-corrected chi connectivity index (χ2v) is 9.42. The van der Waals surface area contributed by atoms with Crippen LogP contribution in [0.3, 0.4) is 0 Å². The first-order valence-electron chi connectivity index (χ1n) is 13.7. The first-order valence-corrected chi connectivity index (χ1v) is 13.7. The van der Waals surface area contributed by atoms with E-state index in [2.05, 4.69) is 18.8 Å². The molecule has 0 saturated carbocycles. The SMILES string of the molecule is CCCCCCCCCc1ccc(C(=O)Oc2ccc(-c3ccc(OCCCCC)cn3)cc2)cc1. The molecule has 4 nitrogen and oxygen atoms in total. The molecule has 0 aliphatic rings. The monoisotopic (exact) mass is 487 g/mol. The van der Waals surface area contributed by atoms with Crippen LogP contribution in [-0.2, 0) is 6.42 Å². The highest BCUT2D eigenvalue weighted by molar-refractivity contribution is 5.91. The molecule has 0 aliphatic heterocycles. The Morgan fingerprint density at radius 1 is 0.694 bits per heavy atom.